The summed E-state index contributed by atoms with van der Waals surface area (Å²) in [5, 5.41) is 11.5. The third kappa shape index (κ3) is 4.07. The fourth-order valence-corrected chi connectivity index (χ4v) is 7.27. The van der Waals surface area contributed by atoms with Gasteiger partial charge in [-0.1, -0.05) is 24.6 Å². The van der Waals surface area contributed by atoms with Crippen molar-refractivity contribution in [3.05, 3.63) is 65.2 Å². The average molecular weight is 553 g/mol. The molecule has 3 aliphatic heterocycles. The van der Waals surface area contributed by atoms with Crippen molar-refractivity contribution in [1.29, 1.82) is 0 Å². The zero-order chi connectivity index (χ0) is 28.1. The molecule has 2 aromatic carbocycles. The van der Waals surface area contributed by atoms with Gasteiger partial charge in [0.1, 0.15) is 5.76 Å². The average Bonchev–Trinajstić information content (AvgIpc) is 3.30. The van der Waals surface area contributed by atoms with E-state index in [0.717, 1.165) is 19.3 Å². The quantitative estimate of drug-likeness (QED) is 0.331. The molecule has 2 aromatic rings. The highest BCUT2D eigenvalue weighted by Crippen LogP contribution is 2.53. The van der Waals surface area contributed by atoms with Crippen LogP contribution in [0.2, 0.25) is 0 Å². The van der Waals surface area contributed by atoms with Crippen LogP contribution in [0, 0.1) is 0 Å². The number of anilines is 1. The maximum Gasteiger partial charge on any atom is 0.296 e. The molecule has 3 heterocycles. The molecule has 1 atom stereocenters. The van der Waals surface area contributed by atoms with E-state index in [2.05, 4.69) is 0 Å². The number of piperidine rings is 1. The number of rotatable bonds is 6. The predicted octanol–water partition coefficient (Wildman–Crippen LogP) is 1.98. The Balaban J connectivity index is 1.65. The Morgan fingerprint density at radius 3 is 2.26 bits per heavy atom. The van der Waals surface area contributed by atoms with Crippen LogP contribution >= 0.6 is 0 Å². The summed E-state index contributed by atoms with van der Waals surface area (Å²) >= 11 is 0. The number of likely N-dealkylation sites (tertiary alicyclic amines) is 1. The van der Waals surface area contributed by atoms with Crippen molar-refractivity contribution in [3.8, 4) is 0 Å². The number of hydrogen-bond acceptors (Lipinski definition) is 7. The summed E-state index contributed by atoms with van der Waals surface area (Å²) in [5.74, 6) is -2.88. The summed E-state index contributed by atoms with van der Waals surface area (Å²) in [6.45, 7) is 1.37. The maximum absolute atomic E-state index is 14.0. The highest BCUT2D eigenvalue weighted by Gasteiger charge is 2.66. The van der Waals surface area contributed by atoms with E-state index in [1.165, 1.54) is 38.4 Å². The van der Waals surface area contributed by atoms with Crippen molar-refractivity contribution in [3.63, 3.8) is 0 Å². The topological polar surface area (TPSA) is 119 Å². The number of hydrogen-bond donors (Lipinski definition) is 1. The normalized spacial score (nSPS) is 23.3. The summed E-state index contributed by atoms with van der Waals surface area (Å²) in [6, 6.07) is 12.5. The number of amides is 2. The lowest BCUT2D eigenvalue weighted by Gasteiger charge is -2.34. The van der Waals surface area contributed by atoms with Crippen LogP contribution in [-0.2, 0) is 29.9 Å². The van der Waals surface area contributed by atoms with Crippen molar-refractivity contribution in [2.75, 3.05) is 52.2 Å². The summed E-state index contributed by atoms with van der Waals surface area (Å²) in [5.41, 5.74) is -1.05. The number of nitrogens with zero attached hydrogens (tertiary/aromatic N) is 4. The molecule has 1 spiro atoms. The predicted molar refractivity (Wildman–Crippen MR) is 145 cm³/mol. The van der Waals surface area contributed by atoms with Gasteiger partial charge in [0.25, 0.3) is 17.6 Å². The molecule has 0 bridgehead atoms. The monoisotopic (exact) mass is 552 g/mol. The van der Waals surface area contributed by atoms with Crippen molar-refractivity contribution in [2.45, 2.75) is 29.7 Å². The van der Waals surface area contributed by atoms with Gasteiger partial charge in [-0.05, 0) is 57.3 Å². The smallest absolute Gasteiger partial charge is 0.296 e. The number of para-hydroxylation sites is 1. The fourth-order valence-electron chi connectivity index (χ4n) is 5.75. The van der Waals surface area contributed by atoms with E-state index in [1.54, 1.807) is 31.3 Å². The Kier molecular flexibility index (Phi) is 6.86. The lowest BCUT2D eigenvalue weighted by atomic mass is 9.82. The summed E-state index contributed by atoms with van der Waals surface area (Å²) in [6.07, 6.45) is 2.59. The molecule has 0 aliphatic carbocycles. The van der Waals surface area contributed by atoms with Crippen LogP contribution in [0.25, 0.3) is 5.76 Å². The molecular formula is C28H32N4O6S. The minimum Gasteiger partial charge on any atom is -0.507 e. The highest BCUT2D eigenvalue weighted by atomic mass is 32.2. The van der Waals surface area contributed by atoms with Crippen molar-refractivity contribution in [2.24, 2.45) is 0 Å². The van der Waals surface area contributed by atoms with Crippen LogP contribution in [0.1, 0.15) is 30.4 Å². The molecule has 0 aromatic heterocycles. The number of ketones is 1. The zero-order valence-electron chi connectivity index (χ0n) is 22.3. The van der Waals surface area contributed by atoms with Gasteiger partial charge in [0.2, 0.25) is 10.0 Å². The van der Waals surface area contributed by atoms with Crippen LogP contribution in [0.15, 0.2) is 59.0 Å². The van der Waals surface area contributed by atoms with Crippen LogP contribution in [0.5, 0.6) is 0 Å². The van der Waals surface area contributed by atoms with E-state index in [9.17, 15) is 27.9 Å². The number of carbonyl (C=O) groups excluding carboxylic acids is 3. The van der Waals surface area contributed by atoms with E-state index < -0.39 is 38.9 Å². The van der Waals surface area contributed by atoms with Gasteiger partial charge in [0.15, 0.2) is 5.54 Å². The first kappa shape index (κ1) is 27.0. The van der Waals surface area contributed by atoms with E-state index >= 15 is 0 Å². The molecule has 3 aliphatic rings. The fraction of sp³-hybridized carbons (Fsp3) is 0.393. The second-order valence-corrected chi connectivity index (χ2v) is 12.3. The standard InChI is InChI=1S/C28H32N4O6S/c1-29(2)17-18-32-26(35)25(34)23(28(32)21-9-5-6-10-22(21)30(3)27(28)36)24(33)19-11-13-20(14-12-19)39(37,38)31-15-7-4-8-16-31/h5-6,9-14,33H,4,7-8,15-18H2,1-3H3. The molecule has 0 radical (unpaired) electrons. The minimum atomic E-state index is -3.70. The molecule has 2 amide bonds. The Hall–Kier alpha value is -3.54. The number of fused-ring (bicyclic) bond motifs is 2. The number of sulfonamides is 1. The summed E-state index contributed by atoms with van der Waals surface area (Å²) in [7, 11) is 1.50. The maximum atomic E-state index is 14.0. The van der Waals surface area contributed by atoms with Crippen molar-refractivity contribution < 1.29 is 27.9 Å². The first-order valence-corrected chi connectivity index (χ1v) is 14.4. The van der Waals surface area contributed by atoms with Gasteiger partial charge in [-0.3, -0.25) is 14.4 Å². The van der Waals surface area contributed by atoms with Crippen LogP contribution in [-0.4, -0.2) is 92.5 Å². The van der Waals surface area contributed by atoms with Gasteiger partial charge in [0.05, 0.1) is 10.5 Å². The Bertz CT molecular complexity index is 1480. The Labute approximate surface area is 228 Å². The molecular weight excluding hydrogens is 520 g/mol. The summed E-state index contributed by atoms with van der Waals surface area (Å²) < 4.78 is 27.7. The number of Topliss-reactive ketones (excluding diaryl/α,β-unsaturated/α-hetero) is 1. The van der Waals surface area contributed by atoms with Gasteiger partial charge in [-0.2, -0.15) is 4.31 Å². The SMILES string of the molecule is CN(C)CCN1C(=O)C(=O)C(=C(O)c2ccc(S(=O)(=O)N3CCCCC3)cc2)C12C(=O)N(C)c1ccccc12. The van der Waals surface area contributed by atoms with Gasteiger partial charge in [0, 0.05) is 50.0 Å². The Morgan fingerprint density at radius 1 is 0.974 bits per heavy atom. The highest BCUT2D eigenvalue weighted by molar-refractivity contribution is 7.89. The number of aliphatic hydroxyl groups is 1. The van der Waals surface area contributed by atoms with Gasteiger partial charge >= 0.3 is 0 Å². The van der Waals surface area contributed by atoms with Crippen LogP contribution in [0.3, 0.4) is 0 Å². The molecule has 206 valence electrons. The lowest BCUT2D eigenvalue weighted by Crippen LogP contribution is -2.52. The van der Waals surface area contributed by atoms with Crippen LogP contribution in [0.4, 0.5) is 5.69 Å². The second-order valence-electron chi connectivity index (χ2n) is 10.4. The lowest BCUT2D eigenvalue weighted by molar-refractivity contribution is -0.143. The number of likely N-dealkylation sites (N-methyl/N-ethyl adjacent to an activating group) is 2. The summed E-state index contributed by atoms with van der Waals surface area (Å²) in [4.78, 5) is 45.5. The van der Waals surface area contributed by atoms with Gasteiger partial charge < -0.3 is 19.8 Å². The molecule has 11 heteroatoms. The molecule has 39 heavy (non-hydrogen) atoms. The van der Waals surface area contributed by atoms with E-state index in [4.69, 9.17) is 0 Å². The van der Waals surface area contributed by atoms with Crippen molar-refractivity contribution >= 4 is 39.1 Å². The molecule has 1 unspecified atom stereocenters. The third-order valence-electron chi connectivity index (χ3n) is 7.79. The van der Waals surface area contributed by atoms with Crippen LogP contribution < -0.4 is 4.90 Å². The Morgan fingerprint density at radius 2 is 1.62 bits per heavy atom. The molecule has 2 fully saturated rings. The van der Waals surface area contributed by atoms with E-state index in [0.29, 0.717) is 30.9 Å². The van der Waals surface area contributed by atoms with E-state index in [-0.39, 0.29) is 22.6 Å². The zero-order valence-corrected chi connectivity index (χ0v) is 23.1. The molecule has 0 saturated carbocycles. The largest absolute Gasteiger partial charge is 0.507 e. The molecule has 5 rings (SSSR count). The second kappa shape index (κ2) is 9.89. The first-order valence-electron chi connectivity index (χ1n) is 13.0. The first-order chi connectivity index (χ1) is 18.5. The number of carbonyl (C=O) groups is 3. The molecule has 10 nitrogen and oxygen atoms in total. The minimum absolute atomic E-state index is 0.0733. The van der Waals surface area contributed by atoms with E-state index in [1.807, 2.05) is 19.0 Å². The van der Waals surface area contributed by atoms with Gasteiger partial charge in [-0.25, -0.2) is 8.42 Å². The molecule has 1 N–H and O–H groups in total. The number of benzene rings is 2. The van der Waals surface area contributed by atoms with Gasteiger partial charge in [-0.15, -0.1) is 0 Å². The van der Waals surface area contributed by atoms with Crippen molar-refractivity contribution in [1.82, 2.24) is 14.1 Å². The third-order valence-corrected chi connectivity index (χ3v) is 9.70. The number of aliphatic hydroxyl groups excluding tert-OH is 1. The molecule has 2 saturated heterocycles.